The number of anilines is 2. The molecule has 1 amide bonds. The molecule has 7 nitrogen and oxygen atoms in total. The summed E-state index contributed by atoms with van der Waals surface area (Å²) < 4.78 is 0. The maximum absolute atomic E-state index is 10.3. The van der Waals surface area contributed by atoms with Crippen LogP contribution >= 0.6 is 0 Å². The predicted octanol–water partition coefficient (Wildman–Crippen LogP) is -0.137. The largest absolute Gasteiger partial charge is 0.465 e. The van der Waals surface area contributed by atoms with Crippen LogP contribution in [0, 0.1) is 11.8 Å². The molecular formula is C11H13N5O2. The second-order valence-electron chi connectivity index (χ2n) is 3.91. The molecule has 0 aliphatic carbocycles. The van der Waals surface area contributed by atoms with Crippen molar-refractivity contribution < 1.29 is 9.90 Å². The van der Waals surface area contributed by atoms with Crippen molar-refractivity contribution in [3.8, 4) is 11.8 Å². The molecule has 7 heteroatoms. The Morgan fingerprint density at radius 3 is 3.22 bits per heavy atom. The molecule has 0 saturated heterocycles. The molecule has 0 fully saturated rings. The highest BCUT2D eigenvalue weighted by Crippen LogP contribution is 2.35. The van der Waals surface area contributed by atoms with E-state index in [-0.39, 0.29) is 12.5 Å². The number of nitrogens with zero attached hydrogens (tertiary/aromatic N) is 3. The molecule has 4 N–H and O–H groups in total. The predicted molar refractivity (Wildman–Crippen MR) is 66.3 cm³/mol. The highest BCUT2D eigenvalue weighted by molar-refractivity contribution is 5.66. The smallest absolute Gasteiger partial charge is 0.405 e. The molecule has 2 heterocycles. The summed E-state index contributed by atoms with van der Waals surface area (Å²) in [5.74, 6) is 6.88. The average Bonchev–Trinajstić information content (AvgIpc) is 2.63. The first kappa shape index (κ1) is 12.0. The van der Waals surface area contributed by atoms with Crippen LogP contribution in [-0.4, -0.2) is 41.3 Å². The fraction of sp³-hybridized carbons (Fsp3) is 0.364. The monoisotopic (exact) mass is 247 g/mol. The first-order valence-corrected chi connectivity index (χ1v) is 5.36. The Morgan fingerprint density at radius 2 is 2.50 bits per heavy atom. The van der Waals surface area contributed by atoms with Crippen molar-refractivity contribution in [2.75, 3.05) is 30.8 Å². The van der Waals surface area contributed by atoms with Gasteiger partial charge in [0.05, 0.1) is 18.0 Å². The molecule has 18 heavy (non-hydrogen) atoms. The van der Waals surface area contributed by atoms with Crippen LogP contribution in [0.25, 0.3) is 0 Å². The molecule has 0 saturated carbocycles. The van der Waals surface area contributed by atoms with Gasteiger partial charge in [-0.3, -0.25) is 0 Å². The van der Waals surface area contributed by atoms with Crippen molar-refractivity contribution >= 4 is 17.7 Å². The number of amides is 1. The van der Waals surface area contributed by atoms with Crippen LogP contribution in [0.1, 0.15) is 11.5 Å². The van der Waals surface area contributed by atoms with Crippen molar-refractivity contribution in [2.24, 2.45) is 0 Å². The first-order valence-electron chi connectivity index (χ1n) is 5.36. The fourth-order valence-electron chi connectivity index (χ4n) is 1.90. The second kappa shape index (κ2) is 4.79. The molecule has 1 atom stereocenters. The molecule has 1 aromatic rings. The van der Waals surface area contributed by atoms with Gasteiger partial charge >= 0.3 is 6.09 Å². The van der Waals surface area contributed by atoms with Gasteiger partial charge < -0.3 is 21.1 Å². The summed E-state index contributed by atoms with van der Waals surface area (Å²) in [5, 5.41) is 10.6. The van der Waals surface area contributed by atoms with Crippen LogP contribution < -0.4 is 16.0 Å². The molecule has 0 radical (unpaired) electrons. The molecule has 1 aliphatic heterocycles. The van der Waals surface area contributed by atoms with Gasteiger partial charge in [0.25, 0.3) is 0 Å². The molecular weight excluding hydrogens is 234 g/mol. The van der Waals surface area contributed by atoms with Crippen LogP contribution in [0.2, 0.25) is 0 Å². The van der Waals surface area contributed by atoms with Crippen molar-refractivity contribution in [3.63, 3.8) is 0 Å². The summed E-state index contributed by atoms with van der Waals surface area (Å²) in [4.78, 5) is 20.3. The summed E-state index contributed by atoms with van der Waals surface area (Å²) in [6.45, 7) is 0.775. The van der Waals surface area contributed by atoms with E-state index in [4.69, 9.17) is 10.8 Å². The number of carbonyl (C=O) groups is 1. The van der Waals surface area contributed by atoms with Crippen molar-refractivity contribution in [1.29, 1.82) is 0 Å². The van der Waals surface area contributed by atoms with Gasteiger partial charge in [0.15, 0.2) is 0 Å². The third-order valence-corrected chi connectivity index (χ3v) is 2.66. The molecule has 94 valence electrons. The van der Waals surface area contributed by atoms with Gasteiger partial charge in [0.1, 0.15) is 18.0 Å². The van der Waals surface area contributed by atoms with Crippen LogP contribution in [0.3, 0.4) is 0 Å². The lowest BCUT2D eigenvalue weighted by Crippen LogP contribution is -2.21. The summed E-state index contributed by atoms with van der Waals surface area (Å²) in [6, 6.07) is 0. The highest BCUT2D eigenvalue weighted by atomic mass is 16.4. The van der Waals surface area contributed by atoms with E-state index in [2.05, 4.69) is 27.1 Å². The van der Waals surface area contributed by atoms with E-state index < -0.39 is 6.09 Å². The minimum absolute atomic E-state index is 0.0817. The van der Waals surface area contributed by atoms with Gasteiger partial charge in [0.2, 0.25) is 0 Å². The maximum atomic E-state index is 10.3. The maximum Gasteiger partial charge on any atom is 0.405 e. The summed E-state index contributed by atoms with van der Waals surface area (Å²) in [5.41, 5.74) is 6.64. The van der Waals surface area contributed by atoms with Crippen LogP contribution in [0.4, 0.5) is 16.4 Å². The van der Waals surface area contributed by atoms with Gasteiger partial charge in [-0.15, -0.1) is 0 Å². The number of nitrogens with two attached hydrogens (primary N) is 1. The molecule has 1 unspecified atom stereocenters. The number of fused-ring (bicyclic) bond motifs is 1. The van der Waals surface area contributed by atoms with Gasteiger partial charge in [-0.25, -0.2) is 14.8 Å². The number of nitrogen functional groups attached to an aromatic ring is 1. The zero-order chi connectivity index (χ0) is 13.1. The Morgan fingerprint density at radius 1 is 1.72 bits per heavy atom. The highest BCUT2D eigenvalue weighted by Gasteiger charge is 2.29. The SMILES string of the molecule is CN1CC(C#CCNC(=O)O)c2c(N)ncnc21. The summed E-state index contributed by atoms with van der Waals surface area (Å²) >= 11 is 0. The molecule has 0 bridgehead atoms. The minimum atomic E-state index is -1.09. The quantitative estimate of drug-likeness (QED) is 0.597. The Kier molecular flexibility index (Phi) is 3.19. The Labute approximate surface area is 104 Å². The van der Waals surface area contributed by atoms with E-state index in [0.717, 1.165) is 11.4 Å². The van der Waals surface area contributed by atoms with E-state index in [1.807, 2.05) is 11.9 Å². The normalized spacial score (nSPS) is 16.7. The molecule has 1 aromatic heterocycles. The second-order valence-corrected chi connectivity index (χ2v) is 3.91. The Bertz CT molecular complexity index is 534. The molecule has 2 rings (SSSR count). The van der Waals surface area contributed by atoms with Crippen molar-refractivity contribution in [1.82, 2.24) is 15.3 Å². The number of carboxylic acid groups (broad SMARTS) is 1. The van der Waals surface area contributed by atoms with Crippen molar-refractivity contribution in [3.05, 3.63) is 11.9 Å². The Hall–Kier alpha value is -2.49. The lowest BCUT2D eigenvalue weighted by atomic mass is 10.0. The number of hydrogen-bond donors (Lipinski definition) is 3. The standard InChI is InChI=1S/C11H13N5O2/c1-16-5-7(3-2-4-13-11(17)18)8-9(12)14-6-15-10(8)16/h6-7,13H,4-5H2,1H3,(H,17,18)(H2,12,14,15). The summed E-state index contributed by atoms with van der Waals surface area (Å²) in [7, 11) is 1.91. The zero-order valence-electron chi connectivity index (χ0n) is 9.84. The third kappa shape index (κ3) is 2.27. The number of aromatic nitrogens is 2. The van der Waals surface area contributed by atoms with Gasteiger partial charge in [-0.2, -0.15) is 0 Å². The van der Waals surface area contributed by atoms with Crippen LogP contribution in [0.15, 0.2) is 6.33 Å². The van der Waals surface area contributed by atoms with Gasteiger partial charge in [-0.05, 0) is 0 Å². The topological polar surface area (TPSA) is 104 Å². The number of hydrogen-bond acceptors (Lipinski definition) is 5. The minimum Gasteiger partial charge on any atom is -0.465 e. The zero-order valence-corrected chi connectivity index (χ0v) is 9.84. The third-order valence-electron chi connectivity index (χ3n) is 2.66. The van der Waals surface area contributed by atoms with E-state index >= 15 is 0 Å². The van der Waals surface area contributed by atoms with Crippen molar-refractivity contribution in [2.45, 2.75) is 5.92 Å². The van der Waals surface area contributed by atoms with E-state index in [0.29, 0.717) is 12.4 Å². The number of nitrogens with one attached hydrogen (secondary N) is 1. The van der Waals surface area contributed by atoms with Gasteiger partial charge in [-0.1, -0.05) is 11.8 Å². The lowest BCUT2D eigenvalue weighted by Gasteiger charge is -2.09. The Balaban J connectivity index is 2.16. The number of likely N-dealkylation sites (N-methyl/N-ethyl adjacent to an activating group) is 1. The van der Waals surface area contributed by atoms with E-state index in [1.54, 1.807) is 0 Å². The van der Waals surface area contributed by atoms with E-state index in [9.17, 15) is 4.79 Å². The number of rotatable bonds is 1. The fourth-order valence-corrected chi connectivity index (χ4v) is 1.90. The molecule has 1 aliphatic rings. The first-order chi connectivity index (χ1) is 8.59. The average molecular weight is 247 g/mol. The van der Waals surface area contributed by atoms with Crippen LogP contribution in [0.5, 0.6) is 0 Å². The molecule has 0 spiro atoms. The lowest BCUT2D eigenvalue weighted by molar-refractivity contribution is 0.196. The van der Waals surface area contributed by atoms with Crippen LogP contribution in [-0.2, 0) is 0 Å². The van der Waals surface area contributed by atoms with E-state index in [1.165, 1.54) is 6.33 Å². The molecule has 0 aromatic carbocycles. The van der Waals surface area contributed by atoms with Gasteiger partial charge in [0, 0.05) is 13.6 Å². The summed E-state index contributed by atoms with van der Waals surface area (Å²) in [6.07, 6.45) is 0.336.